The van der Waals surface area contributed by atoms with Gasteiger partial charge in [-0.1, -0.05) is 38.1 Å². The number of nitrogens with one attached hydrogen (secondary N) is 1. The Morgan fingerprint density at radius 3 is 2.51 bits per heavy atom. The van der Waals surface area contributed by atoms with Gasteiger partial charge in [-0.3, -0.25) is 4.79 Å². The van der Waals surface area contributed by atoms with Crippen LogP contribution in [0.25, 0.3) is 11.3 Å². The fourth-order valence-corrected chi connectivity index (χ4v) is 4.81. The van der Waals surface area contributed by atoms with Crippen LogP contribution in [0.4, 0.5) is 17.1 Å². The zero-order valence-corrected chi connectivity index (χ0v) is 22.1. The molecule has 0 radical (unpaired) electrons. The van der Waals surface area contributed by atoms with Crippen LogP contribution in [-0.4, -0.2) is 37.5 Å². The molecule has 1 N–H and O–H groups in total. The summed E-state index contributed by atoms with van der Waals surface area (Å²) in [7, 11) is 4.04. The lowest BCUT2D eigenvalue weighted by molar-refractivity contribution is -0.118. The molecule has 1 aromatic heterocycles. The Hall–Kier alpha value is -4.17. The van der Waals surface area contributed by atoms with Crippen molar-refractivity contribution in [2.45, 2.75) is 19.8 Å². The van der Waals surface area contributed by atoms with Gasteiger partial charge in [-0.25, -0.2) is 9.67 Å². The van der Waals surface area contributed by atoms with Crippen molar-refractivity contribution in [3.63, 3.8) is 0 Å². The number of hydrogen-bond donors (Lipinski definition) is 1. The Morgan fingerprint density at radius 2 is 1.81 bits per heavy atom. The van der Waals surface area contributed by atoms with Crippen molar-refractivity contribution in [1.82, 2.24) is 4.68 Å². The second-order valence-corrected chi connectivity index (χ2v) is 10.2. The average molecular weight is 512 g/mol. The molecule has 3 aromatic carbocycles. The maximum atomic E-state index is 11.9. The summed E-state index contributed by atoms with van der Waals surface area (Å²) < 4.78 is 7.37. The van der Waals surface area contributed by atoms with E-state index in [9.17, 15) is 4.79 Å². The molecule has 5 rings (SSSR count). The molecule has 0 atom stereocenters. The molecular formula is C29H29N5O2S. The van der Waals surface area contributed by atoms with Crippen LogP contribution in [-0.2, 0) is 4.79 Å². The minimum Gasteiger partial charge on any atom is -0.482 e. The quantitative estimate of drug-likeness (QED) is 0.330. The molecule has 7 nitrogen and oxygen atoms in total. The van der Waals surface area contributed by atoms with Gasteiger partial charge in [0.25, 0.3) is 5.91 Å². The van der Waals surface area contributed by atoms with E-state index in [1.165, 1.54) is 16.9 Å². The minimum atomic E-state index is -0.164. The van der Waals surface area contributed by atoms with E-state index in [0.29, 0.717) is 17.4 Å². The molecule has 0 unspecified atom stereocenters. The first kappa shape index (κ1) is 24.5. The number of carbonyl (C=O) groups excluding carboxylic acids is 1. The molecule has 37 heavy (non-hydrogen) atoms. The highest BCUT2D eigenvalue weighted by Crippen LogP contribution is 2.33. The predicted molar refractivity (Wildman–Crippen MR) is 151 cm³/mol. The second-order valence-electron chi connectivity index (χ2n) is 9.35. The molecule has 188 valence electrons. The van der Waals surface area contributed by atoms with Gasteiger partial charge in [0.05, 0.1) is 23.3 Å². The van der Waals surface area contributed by atoms with Crippen LogP contribution in [0.2, 0.25) is 0 Å². The first-order valence-electron chi connectivity index (χ1n) is 12.1. The van der Waals surface area contributed by atoms with E-state index in [0.717, 1.165) is 33.0 Å². The lowest BCUT2D eigenvalue weighted by Gasteiger charge is -2.18. The Bertz CT molecular complexity index is 1510. The number of ether oxygens (including phenoxy) is 1. The summed E-state index contributed by atoms with van der Waals surface area (Å²) in [5.41, 5.74) is 6.66. The van der Waals surface area contributed by atoms with E-state index < -0.39 is 0 Å². The molecule has 0 spiro atoms. The van der Waals surface area contributed by atoms with Gasteiger partial charge in [0.2, 0.25) is 4.80 Å². The van der Waals surface area contributed by atoms with E-state index in [4.69, 9.17) is 14.8 Å². The van der Waals surface area contributed by atoms with Gasteiger partial charge in [-0.2, -0.15) is 5.10 Å². The molecule has 0 bridgehead atoms. The van der Waals surface area contributed by atoms with Gasteiger partial charge in [0.1, 0.15) is 5.75 Å². The van der Waals surface area contributed by atoms with Crippen molar-refractivity contribution in [3.8, 4) is 17.0 Å². The molecule has 1 aliphatic heterocycles. The summed E-state index contributed by atoms with van der Waals surface area (Å²) in [5, 5.41) is 9.75. The highest BCUT2D eigenvalue weighted by atomic mass is 32.1. The molecule has 0 aliphatic carbocycles. The van der Waals surface area contributed by atoms with Crippen LogP contribution in [0.3, 0.4) is 0 Å². The number of amides is 1. The van der Waals surface area contributed by atoms with Gasteiger partial charge >= 0.3 is 0 Å². The number of fused-ring (bicyclic) bond motifs is 1. The molecular weight excluding hydrogens is 482 g/mol. The minimum absolute atomic E-state index is 0.0281. The molecule has 8 heteroatoms. The number of benzene rings is 3. The summed E-state index contributed by atoms with van der Waals surface area (Å²) in [5.74, 6) is 0.955. The number of anilines is 2. The first-order chi connectivity index (χ1) is 17.9. The standard InChI is InChI=1S/C29H29N5O2S/c1-19(2)21-7-10-23(11-8-21)31-29-34(30-16-20-5-12-24(13-6-20)33(3)4)26(18-37-29)22-9-14-27-25(15-22)32-28(35)17-36-27/h5-16,18-19H,17H2,1-4H3,(H,32,35). The number of nitrogens with zero attached hydrogens (tertiary/aromatic N) is 4. The van der Waals surface area contributed by atoms with E-state index in [1.54, 1.807) is 0 Å². The van der Waals surface area contributed by atoms with Crippen LogP contribution < -0.4 is 19.8 Å². The van der Waals surface area contributed by atoms with Gasteiger partial charge in [-0.05, 0) is 59.5 Å². The van der Waals surface area contributed by atoms with E-state index in [-0.39, 0.29) is 12.5 Å². The zero-order chi connectivity index (χ0) is 25.9. The van der Waals surface area contributed by atoms with Crippen LogP contribution in [0.5, 0.6) is 5.75 Å². The lowest BCUT2D eigenvalue weighted by Crippen LogP contribution is -2.25. The van der Waals surface area contributed by atoms with Crippen LogP contribution in [0, 0.1) is 0 Å². The summed E-state index contributed by atoms with van der Waals surface area (Å²) in [6.45, 7) is 4.38. The third-order valence-electron chi connectivity index (χ3n) is 6.11. The molecule has 1 amide bonds. The summed E-state index contributed by atoms with van der Waals surface area (Å²) in [4.78, 5) is 19.6. The molecule has 1 aliphatic rings. The van der Waals surface area contributed by atoms with Crippen molar-refractivity contribution in [1.29, 1.82) is 0 Å². The molecule has 4 aromatic rings. The Morgan fingerprint density at radius 1 is 1.05 bits per heavy atom. The zero-order valence-electron chi connectivity index (χ0n) is 21.3. The fourth-order valence-electron chi connectivity index (χ4n) is 3.96. The van der Waals surface area contributed by atoms with Crippen molar-refractivity contribution in [2.75, 3.05) is 30.9 Å². The third kappa shape index (κ3) is 5.49. The average Bonchev–Trinajstić information content (AvgIpc) is 3.29. The van der Waals surface area contributed by atoms with Crippen molar-refractivity contribution in [3.05, 3.63) is 88.0 Å². The van der Waals surface area contributed by atoms with Crippen LogP contribution >= 0.6 is 11.3 Å². The Kier molecular flexibility index (Phi) is 6.92. The van der Waals surface area contributed by atoms with Gasteiger partial charge < -0.3 is 15.0 Å². The largest absolute Gasteiger partial charge is 0.482 e. The SMILES string of the molecule is CC(C)c1ccc(N=c2scc(-c3ccc4c(c3)NC(=O)CO4)n2N=Cc2ccc(N(C)C)cc2)cc1. The fraction of sp³-hybridized carbons (Fsp3) is 0.207. The van der Waals surface area contributed by atoms with Crippen LogP contribution in [0.1, 0.15) is 30.9 Å². The molecule has 0 saturated carbocycles. The lowest BCUT2D eigenvalue weighted by atomic mass is 10.0. The number of rotatable bonds is 6. The highest BCUT2D eigenvalue weighted by Gasteiger charge is 2.18. The van der Waals surface area contributed by atoms with E-state index in [2.05, 4.69) is 48.3 Å². The maximum absolute atomic E-state index is 11.9. The Balaban J connectivity index is 1.57. The molecule has 0 saturated heterocycles. The first-order valence-corrected chi connectivity index (χ1v) is 13.0. The van der Waals surface area contributed by atoms with Gasteiger partial charge in [0.15, 0.2) is 6.61 Å². The summed E-state index contributed by atoms with van der Waals surface area (Å²) in [6, 6.07) is 22.3. The number of carbonyl (C=O) groups is 1. The smallest absolute Gasteiger partial charge is 0.262 e. The second kappa shape index (κ2) is 10.4. The van der Waals surface area contributed by atoms with Gasteiger partial charge in [-0.15, -0.1) is 11.3 Å². The van der Waals surface area contributed by atoms with Crippen molar-refractivity contribution < 1.29 is 9.53 Å². The van der Waals surface area contributed by atoms with Crippen molar-refractivity contribution in [2.24, 2.45) is 10.1 Å². The number of hydrogen-bond acceptors (Lipinski definition) is 6. The number of aromatic nitrogens is 1. The van der Waals surface area contributed by atoms with Gasteiger partial charge in [0, 0.05) is 30.7 Å². The van der Waals surface area contributed by atoms with E-state index >= 15 is 0 Å². The topological polar surface area (TPSA) is 71.2 Å². The number of thiazole rings is 1. The third-order valence-corrected chi connectivity index (χ3v) is 6.93. The van der Waals surface area contributed by atoms with Crippen LogP contribution in [0.15, 0.2) is 82.2 Å². The highest BCUT2D eigenvalue weighted by molar-refractivity contribution is 7.07. The Labute approximate surface area is 220 Å². The monoisotopic (exact) mass is 511 g/mol. The van der Waals surface area contributed by atoms with Crippen molar-refractivity contribution >= 4 is 40.5 Å². The summed E-state index contributed by atoms with van der Waals surface area (Å²) in [6.07, 6.45) is 1.83. The van der Waals surface area contributed by atoms with E-state index in [1.807, 2.05) is 72.8 Å². The molecule has 0 fully saturated rings. The molecule has 2 heterocycles. The summed E-state index contributed by atoms with van der Waals surface area (Å²) >= 11 is 1.51. The predicted octanol–water partition coefficient (Wildman–Crippen LogP) is 5.85. The maximum Gasteiger partial charge on any atom is 0.262 e. The normalized spacial score (nSPS) is 13.5.